The van der Waals surface area contributed by atoms with Gasteiger partial charge in [0.25, 0.3) is 0 Å². The fourth-order valence-electron chi connectivity index (χ4n) is 4.08. The summed E-state index contributed by atoms with van der Waals surface area (Å²) in [5.74, 6) is 0.0950. The normalized spacial score (nSPS) is 15.0. The van der Waals surface area contributed by atoms with E-state index in [0.717, 1.165) is 16.5 Å². The van der Waals surface area contributed by atoms with E-state index in [2.05, 4.69) is 6.07 Å². The lowest BCUT2D eigenvalue weighted by atomic mass is 9.89. The first kappa shape index (κ1) is 20.9. The summed E-state index contributed by atoms with van der Waals surface area (Å²) in [7, 11) is -3.48. The molecule has 0 N–H and O–H groups in total. The molecule has 31 heavy (non-hydrogen) atoms. The molecular formula is C23H23N3O4S. The monoisotopic (exact) mass is 437 g/mol. The third-order valence-electron chi connectivity index (χ3n) is 5.69. The smallest absolute Gasteiger partial charge is 0.410 e. The number of carbonyl (C=O) groups excluding carboxylic acids is 1. The first-order valence-electron chi connectivity index (χ1n) is 10.1. The Kier molecular flexibility index (Phi) is 5.70. The lowest BCUT2D eigenvalue weighted by Gasteiger charge is -2.31. The summed E-state index contributed by atoms with van der Waals surface area (Å²) < 4.78 is 31.2. The Bertz CT molecular complexity index is 1250. The van der Waals surface area contributed by atoms with E-state index in [1.165, 1.54) is 10.2 Å². The van der Waals surface area contributed by atoms with E-state index in [1.54, 1.807) is 29.3 Å². The van der Waals surface area contributed by atoms with Gasteiger partial charge in [0, 0.05) is 24.7 Å². The second-order valence-electron chi connectivity index (χ2n) is 7.79. The minimum absolute atomic E-state index is 0.0950. The Hall–Kier alpha value is -3.31. The van der Waals surface area contributed by atoms with Gasteiger partial charge in [0.05, 0.1) is 23.4 Å². The highest BCUT2D eigenvalue weighted by Crippen LogP contribution is 2.35. The van der Waals surface area contributed by atoms with Crippen LogP contribution in [0.3, 0.4) is 0 Å². The van der Waals surface area contributed by atoms with Crippen LogP contribution >= 0.6 is 0 Å². The molecule has 1 aliphatic heterocycles. The van der Waals surface area contributed by atoms with Crippen molar-refractivity contribution in [1.29, 1.82) is 5.26 Å². The molecule has 1 fully saturated rings. The van der Waals surface area contributed by atoms with Gasteiger partial charge in [-0.05, 0) is 48.1 Å². The van der Waals surface area contributed by atoms with Crippen molar-refractivity contribution in [1.82, 2.24) is 8.87 Å². The predicted molar refractivity (Wildman–Crippen MR) is 117 cm³/mol. The summed E-state index contributed by atoms with van der Waals surface area (Å²) in [6.45, 7) is 1.29. The molecule has 0 atom stereocenters. The van der Waals surface area contributed by atoms with Crippen molar-refractivity contribution in [3.8, 4) is 6.07 Å². The van der Waals surface area contributed by atoms with Crippen LogP contribution in [-0.4, -0.2) is 42.7 Å². The van der Waals surface area contributed by atoms with Gasteiger partial charge in [0.15, 0.2) is 0 Å². The summed E-state index contributed by atoms with van der Waals surface area (Å²) in [6, 6.07) is 16.7. The highest BCUT2D eigenvalue weighted by Gasteiger charge is 2.28. The molecule has 1 amide bonds. The molecule has 3 aromatic rings. The highest BCUT2D eigenvalue weighted by atomic mass is 32.2. The molecule has 1 saturated heterocycles. The van der Waals surface area contributed by atoms with Crippen LogP contribution < -0.4 is 0 Å². The maximum atomic E-state index is 12.4. The van der Waals surface area contributed by atoms with Crippen LogP contribution in [0.2, 0.25) is 0 Å². The fraction of sp³-hybridized carbons (Fsp3) is 0.304. The molecule has 0 unspecified atom stereocenters. The van der Waals surface area contributed by atoms with Gasteiger partial charge in [0.2, 0.25) is 10.0 Å². The quantitative estimate of drug-likeness (QED) is 0.618. The second-order valence-corrected chi connectivity index (χ2v) is 9.65. The van der Waals surface area contributed by atoms with Crippen molar-refractivity contribution >= 4 is 27.0 Å². The molecule has 0 radical (unpaired) electrons. The number of amides is 1. The van der Waals surface area contributed by atoms with E-state index in [0.29, 0.717) is 37.0 Å². The molecule has 1 aromatic heterocycles. The zero-order valence-electron chi connectivity index (χ0n) is 17.2. The Balaban J connectivity index is 1.49. The molecule has 0 spiro atoms. The molecule has 7 nitrogen and oxygen atoms in total. The highest BCUT2D eigenvalue weighted by molar-refractivity contribution is 7.89. The third-order valence-corrected chi connectivity index (χ3v) is 6.70. The number of aromatic nitrogens is 1. The number of nitrogens with zero attached hydrogens (tertiary/aromatic N) is 3. The summed E-state index contributed by atoms with van der Waals surface area (Å²) in [6.07, 6.45) is 3.88. The van der Waals surface area contributed by atoms with Crippen molar-refractivity contribution in [2.75, 3.05) is 19.3 Å². The maximum absolute atomic E-state index is 12.4. The molecule has 160 valence electrons. The molecule has 0 aliphatic carbocycles. The molecule has 0 saturated carbocycles. The second kappa shape index (κ2) is 8.44. The molecule has 2 heterocycles. The van der Waals surface area contributed by atoms with E-state index in [-0.39, 0.29) is 18.6 Å². The van der Waals surface area contributed by atoms with Crippen LogP contribution in [0.1, 0.15) is 35.4 Å². The number of ether oxygens (including phenoxy) is 1. The predicted octanol–water partition coefficient (Wildman–Crippen LogP) is 3.84. The van der Waals surface area contributed by atoms with Gasteiger partial charge < -0.3 is 9.64 Å². The number of carbonyl (C=O) groups is 1. The van der Waals surface area contributed by atoms with Crippen LogP contribution in [0.25, 0.3) is 10.9 Å². The number of piperidine rings is 1. The first-order chi connectivity index (χ1) is 14.9. The average molecular weight is 438 g/mol. The Morgan fingerprint density at radius 2 is 1.87 bits per heavy atom. The van der Waals surface area contributed by atoms with Crippen molar-refractivity contribution in [2.24, 2.45) is 0 Å². The van der Waals surface area contributed by atoms with E-state index >= 15 is 0 Å². The number of rotatable bonds is 4. The number of benzene rings is 2. The molecule has 0 bridgehead atoms. The largest absolute Gasteiger partial charge is 0.445 e. The SMILES string of the molecule is CS(=O)(=O)n1cc(C2CCN(C(=O)OCc3ccccc3)CC2)c2cc(C#N)ccc21. The minimum Gasteiger partial charge on any atom is -0.445 e. The zero-order valence-corrected chi connectivity index (χ0v) is 18.0. The van der Waals surface area contributed by atoms with Crippen molar-refractivity contribution < 1.29 is 17.9 Å². The van der Waals surface area contributed by atoms with Gasteiger partial charge in [-0.3, -0.25) is 0 Å². The van der Waals surface area contributed by atoms with Gasteiger partial charge in [-0.25, -0.2) is 17.2 Å². The first-order valence-corrected chi connectivity index (χ1v) is 11.9. The summed E-state index contributed by atoms with van der Waals surface area (Å²) in [4.78, 5) is 14.1. The average Bonchev–Trinajstić information content (AvgIpc) is 3.17. The van der Waals surface area contributed by atoms with Crippen molar-refractivity contribution in [3.05, 3.63) is 71.4 Å². The number of nitriles is 1. The minimum atomic E-state index is -3.48. The molecule has 2 aromatic carbocycles. The summed E-state index contributed by atoms with van der Waals surface area (Å²) in [5.41, 5.74) is 2.89. The van der Waals surface area contributed by atoms with E-state index in [9.17, 15) is 18.5 Å². The third kappa shape index (κ3) is 4.42. The number of hydrogen-bond donors (Lipinski definition) is 0. The lowest BCUT2D eigenvalue weighted by molar-refractivity contribution is 0.0871. The molecular weight excluding hydrogens is 414 g/mol. The van der Waals surface area contributed by atoms with E-state index in [4.69, 9.17) is 4.74 Å². The topological polar surface area (TPSA) is 92.4 Å². The van der Waals surface area contributed by atoms with Crippen LogP contribution in [0.4, 0.5) is 4.79 Å². The van der Waals surface area contributed by atoms with Crippen molar-refractivity contribution in [3.63, 3.8) is 0 Å². The van der Waals surface area contributed by atoms with Crippen LogP contribution in [0.15, 0.2) is 54.7 Å². The van der Waals surface area contributed by atoms with Gasteiger partial charge in [-0.1, -0.05) is 30.3 Å². The Morgan fingerprint density at radius 3 is 2.52 bits per heavy atom. The Labute approximate surface area is 181 Å². The fourth-order valence-corrected chi connectivity index (χ4v) is 4.90. The number of likely N-dealkylation sites (tertiary alicyclic amines) is 1. The Morgan fingerprint density at radius 1 is 1.16 bits per heavy atom. The molecule has 1 aliphatic rings. The van der Waals surface area contributed by atoms with Crippen LogP contribution in [0.5, 0.6) is 0 Å². The zero-order chi connectivity index (χ0) is 22.0. The van der Waals surface area contributed by atoms with Crippen LogP contribution in [0, 0.1) is 11.3 Å². The van der Waals surface area contributed by atoms with Gasteiger partial charge in [-0.15, -0.1) is 0 Å². The van der Waals surface area contributed by atoms with Gasteiger partial charge >= 0.3 is 6.09 Å². The summed E-state index contributed by atoms with van der Waals surface area (Å²) >= 11 is 0. The van der Waals surface area contributed by atoms with Crippen LogP contribution in [-0.2, 0) is 21.4 Å². The molecule has 8 heteroatoms. The van der Waals surface area contributed by atoms with Gasteiger partial charge in [0.1, 0.15) is 6.61 Å². The molecule has 4 rings (SSSR count). The van der Waals surface area contributed by atoms with E-state index < -0.39 is 10.0 Å². The van der Waals surface area contributed by atoms with Gasteiger partial charge in [-0.2, -0.15) is 5.26 Å². The van der Waals surface area contributed by atoms with E-state index in [1.807, 2.05) is 30.3 Å². The number of hydrogen-bond acceptors (Lipinski definition) is 5. The maximum Gasteiger partial charge on any atom is 0.410 e. The van der Waals surface area contributed by atoms with Crippen molar-refractivity contribution in [2.45, 2.75) is 25.4 Å². The lowest BCUT2D eigenvalue weighted by Crippen LogP contribution is -2.38. The standard InChI is InChI=1S/C23H23N3O4S/c1-31(28,29)26-15-21(20-13-18(14-24)7-8-22(20)26)19-9-11-25(12-10-19)23(27)30-16-17-5-3-2-4-6-17/h2-8,13,15,19H,9-12,16H2,1H3. The summed E-state index contributed by atoms with van der Waals surface area (Å²) in [5, 5.41) is 10.0. The number of fused-ring (bicyclic) bond motifs is 1.